The first-order valence-corrected chi connectivity index (χ1v) is 7.43. The maximum Gasteiger partial charge on any atom is 0.118 e. The summed E-state index contributed by atoms with van der Waals surface area (Å²) in [5, 5.41) is 7.44. The number of nitrogens with zero attached hydrogens (tertiary/aromatic N) is 3. The van der Waals surface area contributed by atoms with Crippen LogP contribution in [-0.4, -0.2) is 14.8 Å². The van der Waals surface area contributed by atoms with E-state index in [0.717, 1.165) is 20.7 Å². The van der Waals surface area contributed by atoms with Crippen molar-refractivity contribution in [1.82, 2.24) is 14.8 Å². The van der Waals surface area contributed by atoms with Crippen LogP contribution in [0.2, 0.25) is 0 Å². The first kappa shape index (κ1) is 12.3. The lowest BCUT2D eigenvalue weighted by atomic mass is 10.2. The molecule has 0 aliphatic rings. The molecule has 0 spiro atoms. The van der Waals surface area contributed by atoms with Gasteiger partial charge in [0.05, 0.1) is 21.3 Å². The molecular weight excluding hydrogens is 357 g/mol. The molecule has 0 bridgehead atoms. The standard InChI is InChI=1S/C10H11ClIN3S/c1-2-9(15-5-7(12)4-13-15)10-14-8(3-11)6-16-10/h4-6,9H,2-3H2,1H3. The van der Waals surface area contributed by atoms with Crippen LogP contribution in [0.3, 0.4) is 0 Å². The number of hydrogen-bond donors (Lipinski definition) is 0. The van der Waals surface area contributed by atoms with Crippen molar-refractivity contribution < 1.29 is 0 Å². The Labute approximate surface area is 117 Å². The van der Waals surface area contributed by atoms with Crippen LogP contribution in [-0.2, 0) is 5.88 Å². The molecule has 6 heteroatoms. The van der Waals surface area contributed by atoms with Gasteiger partial charge in [0.1, 0.15) is 11.0 Å². The largest absolute Gasteiger partial charge is 0.262 e. The molecule has 0 amide bonds. The van der Waals surface area contributed by atoms with Gasteiger partial charge >= 0.3 is 0 Å². The van der Waals surface area contributed by atoms with Crippen molar-refractivity contribution in [2.75, 3.05) is 0 Å². The first-order chi connectivity index (χ1) is 7.74. The molecule has 16 heavy (non-hydrogen) atoms. The van der Waals surface area contributed by atoms with Gasteiger partial charge in [0.25, 0.3) is 0 Å². The highest BCUT2D eigenvalue weighted by Crippen LogP contribution is 2.25. The van der Waals surface area contributed by atoms with E-state index in [1.165, 1.54) is 0 Å². The van der Waals surface area contributed by atoms with Crippen LogP contribution >= 0.6 is 45.5 Å². The SMILES string of the molecule is CCC(c1nc(CCl)cs1)n1cc(I)cn1. The minimum atomic E-state index is 0.227. The average Bonchev–Trinajstić information content (AvgIpc) is 2.89. The quantitative estimate of drug-likeness (QED) is 0.609. The van der Waals surface area contributed by atoms with E-state index in [1.807, 2.05) is 22.5 Å². The van der Waals surface area contributed by atoms with Crippen molar-refractivity contribution in [1.29, 1.82) is 0 Å². The summed E-state index contributed by atoms with van der Waals surface area (Å²) < 4.78 is 3.11. The Morgan fingerprint density at radius 2 is 2.44 bits per heavy atom. The Morgan fingerprint density at radius 1 is 1.62 bits per heavy atom. The van der Waals surface area contributed by atoms with E-state index < -0.39 is 0 Å². The summed E-state index contributed by atoms with van der Waals surface area (Å²) in [6, 6.07) is 0.227. The summed E-state index contributed by atoms with van der Waals surface area (Å²) in [6.07, 6.45) is 4.88. The van der Waals surface area contributed by atoms with E-state index >= 15 is 0 Å². The van der Waals surface area contributed by atoms with E-state index in [0.29, 0.717) is 5.88 Å². The molecule has 0 saturated heterocycles. The second-order valence-corrected chi connectivity index (χ2v) is 5.78. The molecule has 0 N–H and O–H groups in total. The van der Waals surface area contributed by atoms with Crippen LogP contribution in [0, 0.1) is 3.57 Å². The molecule has 2 aromatic heterocycles. The second kappa shape index (κ2) is 5.46. The van der Waals surface area contributed by atoms with Crippen LogP contribution in [0.25, 0.3) is 0 Å². The number of thiazole rings is 1. The molecule has 0 fully saturated rings. The average molecular weight is 368 g/mol. The lowest BCUT2D eigenvalue weighted by Gasteiger charge is -2.12. The Kier molecular flexibility index (Phi) is 4.21. The van der Waals surface area contributed by atoms with Crippen LogP contribution < -0.4 is 0 Å². The van der Waals surface area contributed by atoms with E-state index in [4.69, 9.17) is 11.6 Å². The number of hydrogen-bond acceptors (Lipinski definition) is 3. The lowest BCUT2D eigenvalue weighted by molar-refractivity contribution is 0.506. The second-order valence-electron chi connectivity index (χ2n) is 3.37. The molecule has 0 aliphatic heterocycles. The van der Waals surface area contributed by atoms with Crippen molar-refractivity contribution in [3.63, 3.8) is 0 Å². The van der Waals surface area contributed by atoms with Crippen molar-refractivity contribution in [2.45, 2.75) is 25.3 Å². The fourth-order valence-electron chi connectivity index (χ4n) is 1.50. The molecule has 2 aromatic rings. The molecule has 1 unspecified atom stereocenters. The molecule has 2 rings (SSSR count). The fourth-order valence-corrected chi connectivity index (χ4v) is 3.13. The third-order valence-electron chi connectivity index (χ3n) is 2.27. The zero-order valence-corrected chi connectivity index (χ0v) is 12.5. The number of rotatable bonds is 4. The maximum atomic E-state index is 5.76. The lowest BCUT2D eigenvalue weighted by Crippen LogP contribution is -2.09. The molecule has 2 heterocycles. The minimum Gasteiger partial charge on any atom is -0.262 e. The highest BCUT2D eigenvalue weighted by atomic mass is 127. The summed E-state index contributed by atoms with van der Waals surface area (Å²) in [5.41, 5.74) is 0.946. The van der Waals surface area contributed by atoms with Gasteiger partial charge in [0, 0.05) is 11.6 Å². The van der Waals surface area contributed by atoms with E-state index in [9.17, 15) is 0 Å². The highest BCUT2D eigenvalue weighted by molar-refractivity contribution is 14.1. The molecule has 0 radical (unpaired) electrons. The third kappa shape index (κ3) is 2.57. The summed E-state index contributed by atoms with van der Waals surface area (Å²) in [7, 11) is 0. The molecule has 3 nitrogen and oxygen atoms in total. The molecule has 0 aliphatic carbocycles. The van der Waals surface area contributed by atoms with Gasteiger partial charge in [-0.25, -0.2) is 4.98 Å². The van der Waals surface area contributed by atoms with Crippen LogP contribution in [0.5, 0.6) is 0 Å². The van der Waals surface area contributed by atoms with Crippen LogP contribution in [0.1, 0.15) is 30.1 Å². The molecular formula is C10H11ClIN3S. The van der Waals surface area contributed by atoms with Gasteiger partial charge in [-0.1, -0.05) is 6.92 Å². The maximum absolute atomic E-state index is 5.76. The summed E-state index contributed by atoms with van der Waals surface area (Å²) in [6.45, 7) is 2.14. The predicted octanol–water partition coefficient (Wildman–Crippen LogP) is 3.68. The van der Waals surface area contributed by atoms with Crippen molar-refractivity contribution in [3.8, 4) is 0 Å². The third-order valence-corrected chi connectivity index (χ3v) is 4.09. The van der Waals surface area contributed by atoms with Gasteiger partial charge in [-0.2, -0.15) is 5.10 Å². The normalized spacial score (nSPS) is 12.9. The Morgan fingerprint density at radius 3 is 2.94 bits per heavy atom. The zero-order valence-electron chi connectivity index (χ0n) is 8.73. The number of aromatic nitrogens is 3. The summed E-state index contributed by atoms with van der Waals surface area (Å²) in [5.74, 6) is 0.476. The number of halogens is 2. The topological polar surface area (TPSA) is 30.7 Å². The Balaban J connectivity index is 2.28. The van der Waals surface area contributed by atoms with Crippen molar-refractivity contribution in [2.24, 2.45) is 0 Å². The highest BCUT2D eigenvalue weighted by Gasteiger charge is 2.16. The van der Waals surface area contributed by atoms with Crippen LogP contribution in [0.15, 0.2) is 17.8 Å². The van der Waals surface area contributed by atoms with Gasteiger partial charge in [-0.3, -0.25) is 4.68 Å². The van der Waals surface area contributed by atoms with E-state index in [2.05, 4.69) is 39.6 Å². The zero-order chi connectivity index (χ0) is 11.5. The van der Waals surface area contributed by atoms with Crippen molar-refractivity contribution >= 4 is 45.5 Å². The first-order valence-electron chi connectivity index (χ1n) is 4.94. The smallest absolute Gasteiger partial charge is 0.118 e. The van der Waals surface area contributed by atoms with Crippen molar-refractivity contribution in [3.05, 3.63) is 32.0 Å². The molecule has 1 atom stereocenters. The predicted molar refractivity (Wildman–Crippen MR) is 75.0 cm³/mol. The monoisotopic (exact) mass is 367 g/mol. The molecule has 86 valence electrons. The van der Waals surface area contributed by atoms with Crippen LogP contribution in [0.4, 0.5) is 0 Å². The fraction of sp³-hybridized carbons (Fsp3) is 0.400. The van der Waals surface area contributed by atoms with E-state index in [-0.39, 0.29) is 6.04 Å². The van der Waals surface area contributed by atoms with E-state index in [1.54, 1.807) is 11.3 Å². The summed E-state index contributed by atoms with van der Waals surface area (Å²) >= 11 is 9.67. The Hall–Kier alpha value is -0.140. The van der Waals surface area contributed by atoms with Gasteiger partial charge < -0.3 is 0 Å². The van der Waals surface area contributed by atoms with Gasteiger partial charge in [0.2, 0.25) is 0 Å². The summed E-state index contributed by atoms with van der Waals surface area (Å²) in [4.78, 5) is 4.51. The molecule has 0 saturated carbocycles. The van der Waals surface area contributed by atoms with Gasteiger partial charge in [0.15, 0.2) is 0 Å². The minimum absolute atomic E-state index is 0.227. The van der Waals surface area contributed by atoms with Gasteiger partial charge in [-0.15, -0.1) is 22.9 Å². The number of alkyl halides is 1. The molecule has 0 aromatic carbocycles. The van der Waals surface area contributed by atoms with Gasteiger partial charge in [-0.05, 0) is 29.0 Å². The Bertz CT molecular complexity index is 468.